The minimum atomic E-state index is -4.30. The average Bonchev–Trinajstić information content (AvgIpc) is 2.77. The molecule has 0 aliphatic rings. The van der Waals surface area contributed by atoms with Gasteiger partial charge in [0.15, 0.2) is 0 Å². The van der Waals surface area contributed by atoms with Crippen molar-refractivity contribution in [2.45, 2.75) is 13.1 Å². The van der Waals surface area contributed by atoms with Crippen LogP contribution in [0.1, 0.15) is 11.3 Å². The number of furan rings is 1. The number of benzene rings is 2. The van der Waals surface area contributed by atoms with Crippen LogP contribution in [0.2, 0.25) is 0 Å². The summed E-state index contributed by atoms with van der Waals surface area (Å²) in [6.45, 7) is 1.86. The van der Waals surface area contributed by atoms with Crippen molar-refractivity contribution in [3.63, 3.8) is 0 Å². The molecule has 0 amide bonds. The lowest BCUT2D eigenvalue weighted by molar-refractivity contribution is -0.137. The van der Waals surface area contributed by atoms with Crippen LogP contribution in [-0.4, -0.2) is 0 Å². The Labute approximate surface area is 113 Å². The predicted octanol–water partition coefficient (Wildman–Crippen LogP) is 5.43. The largest absolute Gasteiger partial charge is 0.461 e. The van der Waals surface area contributed by atoms with Crippen LogP contribution in [0.3, 0.4) is 0 Å². The van der Waals surface area contributed by atoms with E-state index in [0.717, 1.165) is 40.0 Å². The molecule has 1 aromatic heterocycles. The summed E-state index contributed by atoms with van der Waals surface area (Å²) in [6, 6.07) is 12.7. The second-order valence-electron chi connectivity index (χ2n) is 4.68. The third-order valence-corrected chi connectivity index (χ3v) is 3.19. The van der Waals surface area contributed by atoms with E-state index in [1.54, 1.807) is 0 Å². The maximum absolute atomic E-state index is 12.5. The second kappa shape index (κ2) is 4.40. The van der Waals surface area contributed by atoms with Crippen molar-refractivity contribution in [2.24, 2.45) is 0 Å². The van der Waals surface area contributed by atoms with Gasteiger partial charge in [0.1, 0.15) is 11.3 Å². The van der Waals surface area contributed by atoms with E-state index >= 15 is 0 Å². The Kier molecular flexibility index (Phi) is 2.82. The fourth-order valence-electron chi connectivity index (χ4n) is 2.20. The van der Waals surface area contributed by atoms with Gasteiger partial charge in [0.2, 0.25) is 0 Å². The fourth-order valence-corrected chi connectivity index (χ4v) is 2.20. The third kappa shape index (κ3) is 2.29. The molecule has 20 heavy (non-hydrogen) atoms. The van der Waals surface area contributed by atoms with Crippen molar-refractivity contribution in [2.75, 3.05) is 0 Å². The van der Waals surface area contributed by atoms with Crippen LogP contribution in [0.5, 0.6) is 0 Å². The third-order valence-electron chi connectivity index (χ3n) is 3.19. The number of aryl methyl sites for hydroxylation is 1. The molecule has 0 radical (unpaired) electrons. The summed E-state index contributed by atoms with van der Waals surface area (Å²) in [6.07, 6.45) is -4.30. The minimum Gasteiger partial charge on any atom is -0.461 e. The number of halogens is 3. The molecule has 3 aromatic rings. The lowest BCUT2D eigenvalue weighted by Crippen LogP contribution is -2.03. The molecule has 3 rings (SSSR count). The Morgan fingerprint density at radius 3 is 2.15 bits per heavy atom. The van der Waals surface area contributed by atoms with Crippen LogP contribution in [-0.2, 0) is 6.18 Å². The SMILES string of the molecule is Cc1cc2ccc(-c3ccc(C(F)(F)F)cc3)cc2o1. The molecular formula is C16H11F3O. The molecular weight excluding hydrogens is 265 g/mol. The maximum Gasteiger partial charge on any atom is 0.416 e. The first-order valence-electron chi connectivity index (χ1n) is 6.11. The standard InChI is InChI=1S/C16H11F3O/c1-10-8-13-3-2-12(9-15(13)20-10)11-4-6-14(7-5-11)16(17,18)19/h2-9H,1H3. The van der Waals surface area contributed by atoms with Crippen LogP contribution >= 0.6 is 0 Å². The lowest BCUT2D eigenvalue weighted by Gasteiger charge is -2.07. The van der Waals surface area contributed by atoms with E-state index in [-0.39, 0.29) is 0 Å². The summed E-state index contributed by atoms with van der Waals surface area (Å²) in [5, 5.41) is 0.984. The Morgan fingerprint density at radius 1 is 0.850 bits per heavy atom. The predicted molar refractivity (Wildman–Crippen MR) is 71.4 cm³/mol. The zero-order chi connectivity index (χ0) is 14.3. The number of rotatable bonds is 1. The Hall–Kier alpha value is -2.23. The summed E-state index contributed by atoms with van der Waals surface area (Å²) >= 11 is 0. The van der Waals surface area contributed by atoms with Gasteiger partial charge in [0, 0.05) is 5.39 Å². The van der Waals surface area contributed by atoms with Crippen molar-refractivity contribution in [1.82, 2.24) is 0 Å². The van der Waals surface area contributed by atoms with E-state index in [4.69, 9.17) is 4.42 Å². The normalized spacial score (nSPS) is 12.0. The molecule has 0 bridgehead atoms. The van der Waals surface area contributed by atoms with Gasteiger partial charge in [-0.15, -0.1) is 0 Å². The van der Waals surface area contributed by atoms with Gasteiger partial charge in [-0.1, -0.05) is 24.3 Å². The van der Waals surface area contributed by atoms with Crippen molar-refractivity contribution >= 4 is 11.0 Å². The minimum absolute atomic E-state index is 0.642. The van der Waals surface area contributed by atoms with Crippen LogP contribution in [0.25, 0.3) is 22.1 Å². The average molecular weight is 276 g/mol. The van der Waals surface area contributed by atoms with Crippen molar-refractivity contribution in [3.8, 4) is 11.1 Å². The number of hydrogen-bond donors (Lipinski definition) is 0. The summed E-state index contributed by atoms with van der Waals surface area (Å²) in [5.41, 5.74) is 1.66. The second-order valence-corrected chi connectivity index (χ2v) is 4.68. The molecule has 4 heteroatoms. The number of hydrogen-bond acceptors (Lipinski definition) is 1. The molecule has 2 aromatic carbocycles. The van der Waals surface area contributed by atoms with Gasteiger partial charge in [0.05, 0.1) is 5.56 Å². The lowest BCUT2D eigenvalue weighted by atomic mass is 10.0. The highest BCUT2D eigenvalue weighted by Gasteiger charge is 2.29. The van der Waals surface area contributed by atoms with Gasteiger partial charge in [-0.25, -0.2) is 0 Å². The van der Waals surface area contributed by atoms with E-state index in [1.807, 2.05) is 31.2 Å². The van der Waals surface area contributed by atoms with Gasteiger partial charge in [-0.2, -0.15) is 13.2 Å². The highest BCUT2D eigenvalue weighted by molar-refractivity contribution is 5.83. The topological polar surface area (TPSA) is 13.1 Å². The van der Waals surface area contributed by atoms with E-state index in [0.29, 0.717) is 0 Å². The van der Waals surface area contributed by atoms with Crippen LogP contribution in [0.15, 0.2) is 52.9 Å². The molecule has 102 valence electrons. The molecule has 0 saturated carbocycles. The van der Waals surface area contributed by atoms with Crippen molar-refractivity contribution in [1.29, 1.82) is 0 Å². The van der Waals surface area contributed by atoms with Crippen molar-refractivity contribution < 1.29 is 17.6 Å². The molecule has 0 aliphatic heterocycles. The summed E-state index contributed by atoms with van der Waals surface area (Å²) in [7, 11) is 0. The molecule has 0 aliphatic carbocycles. The van der Waals surface area contributed by atoms with E-state index in [9.17, 15) is 13.2 Å². The van der Waals surface area contributed by atoms with Gasteiger partial charge in [-0.3, -0.25) is 0 Å². The van der Waals surface area contributed by atoms with E-state index in [2.05, 4.69) is 0 Å². The highest BCUT2D eigenvalue weighted by atomic mass is 19.4. The van der Waals surface area contributed by atoms with Crippen molar-refractivity contribution in [3.05, 3.63) is 59.9 Å². The molecule has 1 nitrogen and oxygen atoms in total. The Balaban J connectivity index is 2.02. The summed E-state index contributed by atoms with van der Waals surface area (Å²) in [4.78, 5) is 0. The van der Waals surface area contributed by atoms with Crippen LogP contribution < -0.4 is 0 Å². The zero-order valence-electron chi connectivity index (χ0n) is 10.7. The first kappa shape index (κ1) is 12.8. The maximum atomic E-state index is 12.5. The Morgan fingerprint density at radius 2 is 1.50 bits per heavy atom. The zero-order valence-corrected chi connectivity index (χ0v) is 10.7. The summed E-state index contributed by atoms with van der Waals surface area (Å²) in [5.74, 6) is 0.810. The van der Waals surface area contributed by atoms with Gasteiger partial charge >= 0.3 is 6.18 Å². The molecule has 1 heterocycles. The molecule has 0 N–H and O–H groups in total. The van der Waals surface area contributed by atoms with Gasteiger partial charge in [0.25, 0.3) is 0 Å². The van der Waals surface area contributed by atoms with Crippen LogP contribution in [0, 0.1) is 6.92 Å². The van der Waals surface area contributed by atoms with Gasteiger partial charge < -0.3 is 4.42 Å². The first-order chi connectivity index (χ1) is 9.43. The molecule has 0 atom stereocenters. The van der Waals surface area contributed by atoms with E-state index in [1.165, 1.54) is 12.1 Å². The van der Waals surface area contributed by atoms with Crippen LogP contribution in [0.4, 0.5) is 13.2 Å². The Bertz CT molecular complexity index is 751. The first-order valence-corrected chi connectivity index (χ1v) is 6.11. The quantitative estimate of drug-likeness (QED) is 0.577. The smallest absolute Gasteiger partial charge is 0.416 e. The monoisotopic (exact) mass is 276 g/mol. The molecule has 0 saturated heterocycles. The van der Waals surface area contributed by atoms with Gasteiger partial charge in [-0.05, 0) is 42.3 Å². The highest BCUT2D eigenvalue weighted by Crippen LogP contribution is 2.32. The fraction of sp³-hybridized carbons (Fsp3) is 0.125. The van der Waals surface area contributed by atoms with E-state index < -0.39 is 11.7 Å². The molecule has 0 fully saturated rings. The number of fused-ring (bicyclic) bond motifs is 1. The molecule has 0 spiro atoms. The molecule has 0 unspecified atom stereocenters. The number of alkyl halides is 3. The summed E-state index contributed by atoms with van der Waals surface area (Å²) < 4.78 is 43.1.